The molecule has 140 valence electrons. The molecule has 0 aliphatic heterocycles. The Bertz CT molecular complexity index is 969. The summed E-state index contributed by atoms with van der Waals surface area (Å²) in [5.74, 6) is -0.687. The monoisotopic (exact) mass is 373 g/mol. The van der Waals surface area contributed by atoms with Gasteiger partial charge in [-0.05, 0) is 53.6 Å². The van der Waals surface area contributed by atoms with Gasteiger partial charge in [0.15, 0.2) is 0 Å². The number of benzene rings is 2. The van der Waals surface area contributed by atoms with E-state index in [9.17, 15) is 14.7 Å². The van der Waals surface area contributed by atoms with E-state index in [1.165, 1.54) is 12.1 Å². The van der Waals surface area contributed by atoms with Crippen LogP contribution in [0.5, 0.6) is 5.75 Å². The van der Waals surface area contributed by atoms with Crippen LogP contribution in [0.3, 0.4) is 0 Å². The first-order valence-electron chi connectivity index (χ1n) is 8.66. The molecule has 3 N–H and O–H groups in total. The van der Waals surface area contributed by atoms with E-state index in [0.717, 1.165) is 5.56 Å². The predicted octanol–water partition coefficient (Wildman–Crippen LogP) is 2.87. The Kier molecular flexibility index (Phi) is 6.15. The summed E-state index contributed by atoms with van der Waals surface area (Å²) in [6, 6.07) is 18.6. The number of nitrogens with one attached hydrogen (secondary N) is 2. The third-order valence-electron chi connectivity index (χ3n) is 3.94. The summed E-state index contributed by atoms with van der Waals surface area (Å²) in [5.41, 5.74) is 2.11. The van der Waals surface area contributed by atoms with Gasteiger partial charge in [-0.15, -0.1) is 0 Å². The minimum Gasteiger partial charge on any atom is -0.508 e. The van der Waals surface area contributed by atoms with Crippen LogP contribution in [0.2, 0.25) is 0 Å². The van der Waals surface area contributed by atoms with Gasteiger partial charge in [0.1, 0.15) is 11.4 Å². The van der Waals surface area contributed by atoms with Crippen molar-refractivity contribution >= 4 is 17.9 Å². The zero-order chi connectivity index (χ0) is 19.8. The van der Waals surface area contributed by atoms with Crippen molar-refractivity contribution in [2.24, 2.45) is 0 Å². The maximum absolute atomic E-state index is 12.7. The number of phenols is 1. The molecule has 0 unspecified atom stereocenters. The lowest BCUT2D eigenvalue weighted by Crippen LogP contribution is -2.34. The molecular weight excluding hydrogens is 354 g/mol. The molecule has 6 nitrogen and oxygen atoms in total. The second kappa shape index (κ2) is 9.14. The summed E-state index contributed by atoms with van der Waals surface area (Å²) in [6.07, 6.45) is 4.85. The molecule has 0 bridgehead atoms. The Labute approximate surface area is 162 Å². The van der Waals surface area contributed by atoms with Crippen molar-refractivity contribution in [3.63, 3.8) is 0 Å². The van der Waals surface area contributed by atoms with Crippen molar-refractivity contribution in [1.82, 2.24) is 15.6 Å². The standard InChI is InChI=1S/C22H19N3O3/c26-19-8-6-16(7-9-19)14-20(25-21(27)18-4-2-1-3-5-18)22(28)24-15-17-10-12-23-13-11-17/h1-14,26H,15H2,(H,24,28)(H,25,27)/b20-14-. The zero-order valence-electron chi connectivity index (χ0n) is 15.0. The lowest BCUT2D eigenvalue weighted by atomic mass is 10.1. The van der Waals surface area contributed by atoms with Crippen LogP contribution >= 0.6 is 0 Å². The number of amides is 2. The first-order valence-corrected chi connectivity index (χ1v) is 8.66. The molecule has 0 atom stereocenters. The lowest BCUT2D eigenvalue weighted by molar-refractivity contribution is -0.117. The smallest absolute Gasteiger partial charge is 0.268 e. The summed E-state index contributed by atoms with van der Waals surface area (Å²) in [5, 5.41) is 14.9. The molecule has 1 aromatic heterocycles. The fourth-order valence-electron chi connectivity index (χ4n) is 2.46. The Hall–Kier alpha value is -3.93. The van der Waals surface area contributed by atoms with Crippen molar-refractivity contribution in [1.29, 1.82) is 0 Å². The Morgan fingerprint density at radius 1 is 0.929 bits per heavy atom. The summed E-state index contributed by atoms with van der Waals surface area (Å²) < 4.78 is 0. The van der Waals surface area contributed by atoms with E-state index >= 15 is 0 Å². The van der Waals surface area contributed by atoms with E-state index in [0.29, 0.717) is 17.7 Å². The van der Waals surface area contributed by atoms with Crippen LogP contribution in [-0.2, 0) is 11.3 Å². The topological polar surface area (TPSA) is 91.3 Å². The number of aromatic hydroxyl groups is 1. The quantitative estimate of drug-likeness (QED) is 0.580. The van der Waals surface area contributed by atoms with Crippen LogP contribution in [-0.4, -0.2) is 21.9 Å². The largest absolute Gasteiger partial charge is 0.508 e. The maximum Gasteiger partial charge on any atom is 0.268 e. The number of carbonyl (C=O) groups is 2. The van der Waals surface area contributed by atoms with Gasteiger partial charge in [0, 0.05) is 24.5 Å². The summed E-state index contributed by atoms with van der Waals surface area (Å²) in [4.78, 5) is 29.1. The van der Waals surface area contributed by atoms with Crippen molar-refractivity contribution in [2.75, 3.05) is 0 Å². The van der Waals surface area contributed by atoms with Crippen LogP contribution in [0.15, 0.2) is 84.8 Å². The highest BCUT2D eigenvalue weighted by atomic mass is 16.3. The number of aromatic nitrogens is 1. The Balaban J connectivity index is 1.80. The molecule has 2 amide bonds. The fraction of sp³-hybridized carbons (Fsp3) is 0.0455. The van der Waals surface area contributed by atoms with Gasteiger partial charge in [0.2, 0.25) is 0 Å². The average Bonchev–Trinajstić information content (AvgIpc) is 2.74. The van der Waals surface area contributed by atoms with Gasteiger partial charge in [0.25, 0.3) is 11.8 Å². The summed E-state index contributed by atoms with van der Waals surface area (Å²) >= 11 is 0. The minimum atomic E-state index is -0.422. The normalized spacial score (nSPS) is 10.9. The van der Waals surface area contributed by atoms with E-state index < -0.39 is 5.91 Å². The van der Waals surface area contributed by atoms with E-state index in [-0.39, 0.29) is 17.4 Å². The molecule has 0 aliphatic rings. The SMILES string of the molecule is O=C(NCc1ccncc1)/C(=C/c1ccc(O)cc1)NC(=O)c1ccccc1. The van der Waals surface area contributed by atoms with E-state index in [2.05, 4.69) is 15.6 Å². The lowest BCUT2D eigenvalue weighted by Gasteiger charge is -2.11. The first kappa shape index (κ1) is 18.8. The molecule has 0 radical (unpaired) electrons. The number of phenolic OH excluding ortho intramolecular Hbond substituents is 1. The molecular formula is C22H19N3O3. The van der Waals surface area contributed by atoms with Gasteiger partial charge < -0.3 is 15.7 Å². The summed E-state index contributed by atoms with van der Waals surface area (Å²) in [7, 11) is 0. The van der Waals surface area contributed by atoms with Crippen LogP contribution in [0.25, 0.3) is 6.08 Å². The molecule has 2 aromatic carbocycles. The first-order chi connectivity index (χ1) is 13.6. The van der Waals surface area contributed by atoms with E-state index in [1.54, 1.807) is 67.0 Å². The minimum absolute atomic E-state index is 0.105. The van der Waals surface area contributed by atoms with Crippen LogP contribution in [0.1, 0.15) is 21.5 Å². The average molecular weight is 373 g/mol. The van der Waals surface area contributed by atoms with Crippen molar-refractivity contribution in [2.45, 2.75) is 6.54 Å². The van der Waals surface area contributed by atoms with Crippen molar-refractivity contribution in [3.05, 3.63) is 102 Å². The van der Waals surface area contributed by atoms with Crippen molar-refractivity contribution < 1.29 is 14.7 Å². The van der Waals surface area contributed by atoms with Gasteiger partial charge in [0.05, 0.1) is 0 Å². The van der Waals surface area contributed by atoms with Crippen LogP contribution in [0.4, 0.5) is 0 Å². The molecule has 0 aliphatic carbocycles. The predicted molar refractivity (Wildman–Crippen MR) is 106 cm³/mol. The van der Waals surface area contributed by atoms with E-state index in [4.69, 9.17) is 0 Å². The second-order valence-electron chi connectivity index (χ2n) is 6.01. The molecule has 3 aromatic rings. The Morgan fingerprint density at radius 3 is 2.29 bits per heavy atom. The highest BCUT2D eigenvalue weighted by Gasteiger charge is 2.14. The fourth-order valence-corrected chi connectivity index (χ4v) is 2.46. The second-order valence-corrected chi connectivity index (χ2v) is 6.01. The molecule has 0 saturated heterocycles. The number of hydrogen-bond acceptors (Lipinski definition) is 4. The third-order valence-corrected chi connectivity index (χ3v) is 3.94. The highest BCUT2D eigenvalue weighted by molar-refractivity contribution is 6.05. The van der Waals surface area contributed by atoms with Gasteiger partial charge in [-0.3, -0.25) is 14.6 Å². The molecule has 3 rings (SSSR count). The molecule has 0 saturated carbocycles. The van der Waals surface area contributed by atoms with Gasteiger partial charge in [-0.1, -0.05) is 30.3 Å². The highest BCUT2D eigenvalue weighted by Crippen LogP contribution is 2.13. The number of carbonyl (C=O) groups excluding carboxylic acids is 2. The molecule has 1 heterocycles. The van der Waals surface area contributed by atoms with Gasteiger partial charge in [-0.2, -0.15) is 0 Å². The molecule has 0 spiro atoms. The van der Waals surface area contributed by atoms with Gasteiger partial charge >= 0.3 is 0 Å². The van der Waals surface area contributed by atoms with Crippen molar-refractivity contribution in [3.8, 4) is 5.75 Å². The summed E-state index contributed by atoms with van der Waals surface area (Å²) in [6.45, 7) is 0.301. The molecule has 0 fully saturated rings. The number of nitrogens with zero attached hydrogens (tertiary/aromatic N) is 1. The van der Waals surface area contributed by atoms with Crippen LogP contribution in [0, 0.1) is 0 Å². The zero-order valence-corrected chi connectivity index (χ0v) is 15.0. The number of pyridine rings is 1. The molecule has 6 heteroatoms. The third kappa shape index (κ3) is 5.28. The number of hydrogen-bond donors (Lipinski definition) is 3. The van der Waals surface area contributed by atoms with Gasteiger partial charge in [-0.25, -0.2) is 0 Å². The van der Waals surface area contributed by atoms with E-state index in [1.807, 2.05) is 6.07 Å². The molecule has 28 heavy (non-hydrogen) atoms. The number of rotatable bonds is 6. The Morgan fingerprint density at radius 2 is 1.61 bits per heavy atom. The maximum atomic E-state index is 12.7. The van der Waals surface area contributed by atoms with Crippen LogP contribution < -0.4 is 10.6 Å².